The predicted molar refractivity (Wildman–Crippen MR) is 80.1 cm³/mol. The molecule has 0 amide bonds. The fraction of sp³-hybridized carbons (Fsp3) is 0.286. The molecule has 0 spiro atoms. The molecule has 0 unspecified atom stereocenters. The van der Waals surface area contributed by atoms with Crippen LogP contribution in [0.1, 0.15) is 12.6 Å². The Morgan fingerprint density at radius 3 is 2.64 bits per heavy atom. The zero-order valence-corrected chi connectivity index (χ0v) is 13.1. The molecule has 0 bridgehead atoms. The number of carbonyl (C=O) groups is 1. The molecule has 0 saturated heterocycles. The number of para-hydroxylation sites is 1. The highest BCUT2D eigenvalue weighted by Gasteiger charge is 2.21. The zero-order valence-electron chi connectivity index (χ0n) is 12.3. The van der Waals surface area contributed by atoms with Gasteiger partial charge in [-0.15, -0.1) is 0 Å². The average molecular weight is 323 g/mol. The maximum absolute atomic E-state index is 12.2. The topological polar surface area (TPSA) is 90.3 Å². The number of nitrogens with zero attached hydrogens (tertiary/aromatic N) is 2. The number of ether oxygens (including phenoxy) is 1. The lowest BCUT2D eigenvalue weighted by Gasteiger charge is -2.05. The minimum Gasteiger partial charge on any atom is -0.465 e. The standard InChI is InChI=1S/C14H17N3O4S/c1-3-21-14(18)9-15-22(19,20)13-10-17(16-11(13)2)12-7-5-4-6-8-12/h4-8,10,15H,3,9H2,1-2H3. The van der Waals surface area contributed by atoms with Gasteiger partial charge in [0.15, 0.2) is 0 Å². The van der Waals surface area contributed by atoms with Gasteiger partial charge in [0.05, 0.1) is 24.2 Å². The summed E-state index contributed by atoms with van der Waals surface area (Å²) in [5, 5.41) is 4.19. The summed E-state index contributed by atoms with van der Waals surface area (Å²) in [5.74, 6) is -0.626. The van der Waals surface area contributed by atoms with E-state index in [0.29, 0.717) is 5.69 Å². The summed E-state index contributed by atoms with van der Waals surface area (Å²) >= 11 is 0. The smallest absolute Gasteiger partial charge is 0.321 e. The van der Waals surface area contributed by atoms with Crippen molar-refractivity contribution >= 4 is 16.0 Å². The molecule has 1 heterocycles. The van der Waals surface area contributed by atoms with Crippen LogP contribution in [0, 0.1) is 6.92 Å². The number of nitrogens with one attached hydrogen (secondary N) is 1. The Kier molecular flexibility index (Phi) is 4.94. The summed E-state index contributed by atoms with van der Waals surface area (Å²) in [5.41, 5.74) is 1.10. The first-order chi connectivity index (χ1) is 10.4. The Morgan fingerprint density at radius 1 is 1.32 bits per heavy atom. The quantitative estimate of drug-likeness (QED) is 0.802. The molecule has 0 atom stereocenters. The van der Waals surface area contributed by atoms with Gasteiger partial charge in [-0.3, -0.25) is 4.79 Å². The lowest BCUT2D eigenvalue weighted by Crippen LogP contribution is -2.30. The van der Waals surface area contributed by atoms with Crippen LogP contribution in [-0.2, 0) is 19.6 Å². The molecule has 0 fully saturated rings. The van der Waals surface area contributed by atoms with Crippen molar-refractivity contribution in [2.75, 3.05) is 13.2 Å². The van der Waals surface area contributed by atoms with Crippen molar-refractivity contribution in [3.05, 3.63) is 42.2 Å². The van der Waals surface area contributed by atoms with Crippen molar-refractivity contribution in [1.82, 2.24) is 14.5 Å². The van der Waals surface area contributed by atoms with Crippen LogP contribution < -0.4 is 4.72 Å². The Morgan fingerprint density at radius 2 is 2.00 bits per heavy atom. The lowest BCUT2D eigenvalue weighted by molar-refractivity contribution is -0.141. The molecule has 0 aliphatic heterocycles. The average Bonchev–Trinajstić information content (AvgIpc) is 2.89. The Balaban J connectivity index is 2.21. The van der Waals surface area contributed by atoms with E-state index in [9.17, 15) is 13.2 Å². The number of carbonyl (C=O) groups excluding carboxylic acids is 1. The van der Waals surface area contributed by atoms with Gasteiger partial charge in [-0.05, 0) is 26.0 Å². The summed E-state index contributed by atoms with van der Waals surface area (Å²) in [6, 6.07) is 9.15. The third-order valence-corrected chi connectivity index (χ3v) is 4.38. The van der Waals surface area contributed by atoms with Gasteiger partial charge < -0.3 is 4.74 Å². The Bertz CT molecular complexity index is 754. The molecule has 1 aromatic heterocycles. The van der Waals surface area contributed by atoms with Crippen molar-refractivity contribution in [2.24, 2.45) is 0 Å². The van der Waals surface area contributed by atoms with Crippen molar-refractivity contribution in [1.29, 1.82) is 0 Å². The summed E-state index contributed by atoms with van der Waals surface area (Å²) in [6.07, 6.45) is 1.41. The number of hydrogen-bond donors (Lipinski definition) is 1. The van der Waals surface area contributed by atoms with E-state index in [-0.39, 0.29) is 11.5 Å². The van der Waals surface area contributed by atoms with Crippen molar-refractivity contribution in [3.8, 4) is 5.69 Å². The van der Waals surface area contributed by atoms with Crippen LogP contribution in [0.2, 0.25) is 0 Å². The Labute approximate surface area is 129 Å². The fourth-order valence-electron chi connectivity index (χ4n) is 1.86. The molecule has 2 aromatic rings. The Hall–Kier alpha value is -2.19. The number of aryl methyl sites for hydroxylation is 1. The highest BCUT2D eigenvalue weighted by Crippen LogP contribution is 2.16. The first kappa shape index (κ1) is 16.2. The van der Waals surface area contributed by atoms with Crippen LogP contribution in [0.25, 0.3) is 5.69 Å². The molecule has 22 heavy (non-hydrogen) atoms. The second-order valence-electron chi connectivity index (χ2n) is 4.49. The van der Waals surface area contributed by atoms with Crippen LogP contribution in [0.15, 0.2) is 41.4 Å². The molecule has 0 radical (unpaired) electrons. The molecule has 0 aliphatic rings. The van der Waals surface area contributed by atoms with E-state index < -0.39 is 22.5 Å². The highest BCUT2D eigenvalue weighted by atomic mass is 32.2. The summed E-state index contributed by atoms with van der Waals surface area (Å²) in [6.45, 7) is 3.04. The minimum absolute atomic E-state index is 0.0284. The van der Waals surface area contributed by atoms with E-state index in [2.05, 4.69) is 9.82 Å². The largest absolute Gasteiger partial charge is 0.465 e. The van der Waals surface area contributed by atoms with Gasteiger partial charge in [0, 0.05) is 0 Å². The van der Waals surface area contributed by atoms with Crippen molar-refractivity contribution < 1.29 is 17.9 Å². The number of hydrogen-bond acceptors (Lipinski definition) is 5. The van der Waals surface area contributed by atoms with Crippen molar-refractivity contribution in [3.63, 3.8) is 0 Å². The van der Waals surface area contributed by atoms with Crippen LogP contribution in [-0.4, -0.2) is 37.3 Å². The molecule has 7 nitrogen and oxygen atoms in total. The van der Waals surface area contributed by atoms with Crippen LogP contribution in [0.4, 0.5) is 0 Å². The van der Waals surface area contributed by atoms with E-state index in [0.717, 1.165) is 5.69 Å². The minimum atomic E-state index is -3.83. The normalized spacial score (nSPS) is 11.4. The van der Waals surface area contributed by atoms with Gasteiger partial charge in [0.25, 0.3) is 0 Å². The lowest BCUT2D eigenvalue weighted by atomic mass is 10.3. The SMILES string of the molecule is CCOC(=O)CNS(=O)(=O)c1cn(-c2ccccc2)nc1C. The zero-order chi connectivity index (χ0) is 16.2. The van der Waals surface area contributed by atoms with Gasteiger partial charge in [-0.25, -0.2) is 13.1 Å². The van der Waals surface area contributed by atoms with Crippen LogP contribution >= 0.6 is 0 Å². The number of rotatable bonds is 6. The number of benzene rings is 1. The predicted octanol–water partition coefficient (Wildman–Crippen LogP) is 1.02. The highest BCUT2D eigenvalue weighted by molar-refractivity contribution is 7.89. The second-order valence-corrected chi connectivity index (χ2v) is 6.22. The second kappa shape index (κ2) is 6.71. The third kappa shape index (κ3) is 3.71. The maximum Gasteiger partial charge on any atom is 0.321 e. The first-order valence-corrected chi connectivity index (χ1v) is 8.19. The van der Waals surface area contributed by atoms with Crippen LogP contribution in [0.3, 0.4) is 0 Å². The molecular formula is C14H17N3O4S. The molecule has 1 aromatic carbocycles. The molecule has 2 rings (SSSR count). The van der Waals surface area contributed by atoms with Gasteiger partial charge in [0.2, 0.25) is 10.0 Å². The van der Waals surface area contributed by atoms with E-state index in [1.165, 1.54) is 10.9 Å². The van der Waals surface area contributed by atoms with Gasteiger partial charge in [-0.1, -0.05) is 18.2 Å². The number of sulfonamides is 1. The summed E-state index contributed by atoms with van der Waals surface area (Å²) < 4.78 is 32.8. The number of aromatic nitrogens is 2. The van der Waals surface area contributed by atoms with Gasteiger partial charge >= 0.3 is 5.97 Å². The molecule has 0 saturated carbocycles. The first-order valence-electron chi connectivity index (χ1n) is 6.71. The van der Waals surface area contributed by atoms with E-state index in [4.69, 9.17) is 4.74 Å². The van der Waals surface area contributed by atoms with Gasteiger partial charge in [0.1, 0.15) is 11.4 Å². The molecular weight excluding hydrogens is 306 g/mol. The van der Waals surface area contributed by atoms with Crippen LogP contribution in [0.5, 0.6) is 0 Å². The number of esters is 1. The van der Waals surface area contributed by atoms with Gasteiger partial charge in [-0.2, -0.15) is 9.82 Å². The molecule has 0 aliphatic carbocycles. The van der Waals surface area contributed by atoms with E-state index >= 15 is 0 Å². The summed E-state index contributed by atoms with van der Waals surface area (Å²) in [4.78, 5) is 11.3. The van der Waals surface area contributed by atoms with E-state index in [1.54, 1.807) is 13.8 Å². The van der Waals surface area contributed by atoms with Crippen molar-refractivity contribution in [2.45, 2.75) is 18.7 Å². The maximum atomic E-state index is 12.2. The summed E-state index contributed by atoms with van der Waals surface area (Å²) in [7, 11) is -3.83. The third-order valence-electron chi connectivity index (χ3n) is 2.88. The fourth-order valence-corrected chi connectivity index (χ4v) is 3.00. The molecule has 8 heteroatoms. The molecule has 118 valence electrons. The monoisotopic (exact) mass is 323 g/mol. The molecule has 1 N–H and O–H groups in total. The van der Waals surface area contributed by atoms with E-state index in [1.807, 2.05) is 30.3 Å².